The summed E-state index contributed by atoms with van der Waals surface area (Å²) in [5.41, 5.74) is 0.424. The van der Waals surface area contributed by atoms with Crippen LogP contribution in [0.15, 0.2) is 18.2 Å². The Bertz CT molecular complexity index is 447. The summed E-state index contributed by atoms with van der Waals surface area (Å²) in [5.74, 6) is -2.04. The SMILES string of the molecule is O=C(O)CN(CCc1ccc(F)cc1F)C1CC1. The Kier molecular flexibility index (Phi) is 3.91. The fraction of sp³-hybridized carbons (Fsp3) is 0.462. The molecule has 0 atom stereocenters. The molecule has 1 aliphatic carbocycles. The zero-order valence-electron chi connectivity index (χ0n) is 9.90. The monoisotopic (exact) mass is 255 g/mol. The van der Waals surface area contributed by atoms with Crippen LogP contribution in [0.25, 0.3) is 0 Å². The van der Waals surface area contributed by atoms with Crippen molar-refractivity contribution < 1.29 is 18.7 Å². The van der Waals surface area contributed by atoms with E-state index in [1.807, 2.05) is 4.90 Å². The molecular weight excluding hydrogens is 240 g/mol. The lowest BCUT2D eigenvalue weighted by Crippen LogP contribution is -2.33. The van der Waals surface area contributed by atoms with Crippen LogP contribution in [0.2, 0.25) is 0 Å². The molecule has 1 aromatic rings. The summed E-state index contributed by atoms with van der Waals surface area (Å²) in [7, 11) is 0. The topological polar surface area (TPSA) is 40.5 Å². The van der Waals surface area contributed by atoms with Crippen LogP contribution in [0.5, 0.6) is 0 Å². The predicted octanol–water partition coefficient (Wildman–Crippen LogP) is 2.06. The van der Waals surface area contributed by atoms with E-state index in [0.29, 0.717) is 24.6 Å². The largest absolute Gasteiger partial charge is 0.480 e. The van der Waals surface area contributed by atoms with Crippen molar-refractivity contribution in [2.75, 3.05) is 13.1 Å². The summed E-state index contributed by atoms with van der Waals surface area (Å²) in [6, 6.07) is 3.80. The van der Waals surface area contributed by atoms with Crippen LogP contribution in [-0.2, 0) is 11.2 Å². The lowest BCUT2D eigenvalue weighted by molar-refractivity contribution is -0.138. The molecule has 0 spiro atoms. The smallest absolute Gasteiger partial charge is 0.317 e. The molecule has 1 saturated carbocycles. The first-order chi connectivity index (χ1) is 8.56. The molecule has 2 rings (SSSR count). The van der Waals surface area contributed by atoms with Gasteiger partial charge in [-0.25, -0.2) is 8.78 Å². The van der Waals surface area contributed by atoms with Crippen LogP contribution < -0.4 is 0 Å². The van der Waals surface area contributed by atoms with Crippen LogP contribution in [0.4, 0.5) is 8.78 Å². The highest BCUT2D eigenvalue weighted by Crippen LogP contribution is 2.26. The Labute approximate surface area is 104 Å². The average Bonchev–Trinajstić information content (AvgIpc) is 3.09. The second kappa shape index (κ2) is 5.44. The van der Waals surface area contributed by atoms with Crippen molar-refractivity contribution >= 4 is 5.97 Å². The number of carbonyl (C=O) groups is 1. The maximum absolute atomic E-state index is 13.4. The Hall–Kier alpha value is -1.49. The normalized spacial score (nSPS) is 15.1. The third-order valence-electron chi connectivity index (χ3n) is 3.09. The number of halogens is 2. The number of benzene rings is 1. The Morgan fingerprint density at radius 2 is 2.11 bits per heavy atom. The van der Waals surface area contributed by atoms with E-state index in [-0.39, 0.29) is 6.54 Å². The maximum Gasteiger partial charge on any atom is 0.317 e. The molecule has 1 fully saturated rings. The van der Waals surface area contributed by atoms with Gasteiger partial charge in [0.05, 0.1) is 6.54 Å². The van der Waals surface area contributed by atoms with Gasteiger partial charge in [0.25, 0.3) is 0 Å². The van der Waals surface area contributed by atoms with Gasteiger partial charge in [0.15, 0.2) is 0 Å². The number of hydrogen-bond acceptors (Lipinski definition) is 2. The van der Waals surface area contributed by atoms with Crippen LogP contribution in [0.1, 0.15) is 18.4 Å². The van der Waals surface area contributed by atoms with Crippen molar-refractivity contribution in [3.05, 3.63) is 35.4 Å². The molecule has 3 nitrogen and oxygen atoms in total. The van der Waals surface area contributed by atoms with Gasteiger partial charge in [0, 0.05) is 18.7 Å². The summed E-state index contributed by atoms with van der Waals surface area (Å²) in [6.07, 6.45) is 2.40. The third kappa shape index (κ3) is 3.50. The third-order valence-corrected chi connectivity index (χ3v) is 3.09. The Morgan fingerprint density at radius 3 is 2.67 bits per heavy atom. The van der Waals surface area contributed by atoms with Crippen LogP contribution in [-0.4, -0.2) is 35.1 Å². The van der Waals surface area contributed by atoms with E-state index in [1.54, 1.807) is 0 Å². The lowest BCUT2D eigenvalue weighted by Gasteiger charge is -2.19. The van der Waals surface area contributed by atoms with Crippen molar-refractivity contribution in [1.29, 1.82) is 0 Å². The van der Waals surface area contributed by atoms with Gasteiger partial charge in [0.1, 0.15) is 11.6 Å². The number of hydrogen-bond donors (Lipinski definition) is 1. The van der Waals surface area contributed by atoms with Gasteiger partial charge in [0.2, 0.25) is 0 Å². The fourth-order valence-corrected chi connectivity index (χ4v) is 1.99. The zero-order valence-corrected chi connectivity index (χ0v) is 9.90. The van der Waals surface area contributed by atoms with Gasteiger partial charge in [-0.05, 0) is 30.9 Å². The fourth-order valence-electron chi connectivity index (χ4n) is 1.99. The number of nitrogens with zero attached hydrogens (tertiary/aromatic N) is 1. The van der Waals surface area contributed by atoms with Gasteiger partial charge in [-0.3, -0.25) is 9.69 Å². The van der Waals surface area contributed by atoms with Crippen LogP contribution in [0, 0.1) is 11.6 Å². The first kappa shape index (κ1) is 13.0. The molecule has 0 aliphatic heterocycles. The predicted molar refractivity (Wildman–Crippen MR) is 62.3 cm³/mol. The second-order valence-corrected chi connectivity index (χ2v) is 4.58. The summed E-state index contributed by atoms with van der Waals surface area (Å²) < 4.78 is 26.1. The van der Waals surface area contributed by atoms with E-state index in [9.17, 15) is 13.6 Å². The van der Waals surface area contributed by atoms with Gasteiger partial charge in [-0.15, -0.1) is 0 Å². The van der Waals surface area contributed by atoms with Gasteiger partial charge < -0.3 is 5.11 Å². The Balaban J connectivity index is 1.94. The van der Waals surface area contributed by atoms with Gasteiger partial charge in [-0.1, -0.05) is 6.07 Å². The molecular formula is C13H15F2NO2. The molecule has 0 amide bonds. The number of carboxylic acids is 1. The van der Waals surface area contributed by atoms with Crippen molar-refractivity contribution in [2.45, 2.75) is 25.3 Å². The summed E-state index contributed by atoms with van der Waals surface area (Å²) in [5, 5.41) is 8.78. The van der Waals surface area contributed by atoms with Crippen molar-refractivity contribution in [2.24, 2.45) is 0 Å². The molecule has 5 heteroatoms. The van der Waals surface area contributed by atoms with E-state index < -0.39 is 17.6 Å². The molecule has 1 N–H and O–H groups in total. The summed E-state index contributed by atoms with van der Waals surface area (Å²) >= 11 is 0. The van der Waals surface area contributed by atoms with Crippen LogP contribution in [0.3, 0.4) is 0 Å². The molecule has 0 aromatic heterocycles. The van der Waals surface area contributed by atoms with Gasteiger partial charge >= 0.3 is 5.97 Å². The number of aliphatic carboxylic acids is 1. The van der Waals surface area contributed by atoms with Crippen LogP contribution >= 0.6 is 0 Å². The van der Waals surface area contributed by atoms with Crippen molar-refractivity contribution in [3.8, 4) is 0 Å². The van der Waals surface area contributed by atoms with E-state index in [4.69, 9.17) is 5.11 Å². The van der Waals surface area contributed by atoms with Gasteiger partial charge in [-0.2, -0.15) is 0 Å². The number of carboxylic acid groups (broad SMARTS) is 1. The zero-order chi connectivity index (χ0) is 13.1. The molecule has 98 valence electrons. The molecule has 18 heavy (non-hydrogen) atoms. The highest BCUT2D eigenvalue weighted by Gasteiger charge is 2.29. The molecule has 0 unspecified atom stereocenters. The standard InChI is InChI=1S/C13H15F2NO2/c14-10-2-1-9(12(15)7-10)5-6-16(8-13(17)18)11-3-4-11/h1-2,7,11H,3-6,8H2,(H,17,18). The van der Waals surface area contributed by atoms with E-state index in [0.717, 1.165) is 18.9 Å². The second-order valence-electron chi connectivity index (χ2n) is 4.58. The maximum atomic E-state index is 13.4. The van der Waals surface area contributed by atoms with Crippen molar-refractivity contribution in [1.82, 2.24) is 4.90 Å². The number of rotatable bonds is 6. The van der Waals surface area contributed by atoms with Crippen molar-refractivity contribution in [3.63, 3.8) is 0 Å². The molecule has 0 radical (unpaired) electrons. The summed E-state index contributed by atoms with van der Waals surface area (Å²) in [6.45, 7) is 0.465. The quantitative estimate of drug-likeness (QED) is 0.845. The first-order valence-corrected chi connectivity index (χ1v) is 5.96. The molecule has 1 aliphatic rings. The molecule has 0 saturated heterocycles. The average molecular weight is 255 g/mol. The minimum absolute atomic E-state index is 0.0204. The minimum atomic E-state index is -0.874. The van der Waals surface area contributed by atoms with E-state index in [1.165, 1.54) is 12.1 Å². The molecule has 1 aromatic carbocycles. The lowest BCUT2D eigenvalue weighted by atomic mass is 10.1. The Morgan fingerprint density at radius 1 is 1.39 bits per heavy atom. The molecule has 0 heterocycles. The molecule has 0 bridgehead atoms. The highest BCUT2D eigenvalue weighted by molar-refractivity contribution is 5.69. The minimum Gasteiger partial charge on any atom is -0.480 e. The first-order valence-electron chi connectivity index (χ1n) is 5.96. The highest BCUT2D eigenvalue weighted by atomic mass is 19.1. The summed E-state index contributed by atoms with van der Waals surface area (Å²) in [4.78, 5) is 12.5. The van der Waals surface area contributed by atoms with E-state index in [2.05, 4.69) is 0 Å². The van der Waals surface area contributed by atoms with E-state index >= 15 is 0 Å².